The molecule has 0 fully saturated rings. The summed E-state index contributed by atoms with van der Waals surface area (Å²) in [6.07, 6.45) is 0.814. The SMILES string of the molecule is CCn1c(C=O)nc2cc(C)c(C)cc21. The number of benzene rings is 1. The molecule has 1 aromatic carbocycles. The van der Waals surface area contributed by atoms with Gasteiger partial charge in [0.1, 0.15) is 0 Å². The van der Waals surface area contributed by atoms with Crippen LogP contribution in [-0.4, -0.2) is 15.8 Å². The van der Waals surface area contributed by atoms with Crippen LogP contribution in [0.15, 0.2) is 12.1 Å². The number of rotatable bonds is 2. The summed E-state index contributed by atoms with van der Waals surface area (Å²) in [6, 6.07) is 4.12. The van der Waals surface area contributed by atoms with E-state index in [0.717, 1.165) is 23.9 Å². The fourth-order valence-electron chi connectivity index (χ4n) is 1.82. The zero-order valence-corrected chi connectivity index (χ0v) is 9.24. The van der Waals surface area contributed by atoms with Crippen LogP contribution in [0.4, 0.5) is 0 Å². The number of imidazole rings is 1. The summed E-state index contributed by atoms with van der Waals surface area (Å²) >= 11 is 0. The molecule has 78 valence electrons. The van der Waals surface area contributed by atoms with Gasteiger partial charge in [0.25, 0.3) is 0 Å². The van der Waals surface area contributed by atoms with Crippen molar-refractivity contribution in [2.45, 2.75) is 27.3 Å². The smallest absolute Gasteiger partial charge is 0.185 e. The Hall–Kier alpha value is -1.64. The lowest BCUT2D eigenvalue weighted by Gasteiger charge is -2.03. The van der Waals surface area contributed by atoms with Crippen molar-refractivity contribution < 1.29 is 4.79 Å². The van der Waals surface area contributed by atoms with Crippen molar-refractivity contribution in [2.24, 2.45) is 0 Å². The fraction of sp³-hybridized carbons (Fsp3) is 0.333. The molecule has 0 saturated carbocycles. The third-order valence-corrected chi connectivity index (χ3v) is 2.81. The van der Waals surface area contributed by atoms with Crippen LogP contribution in [0.1, 0.15) is 28.7 Å². The van der Waals surface area contributed by atoms with Crippen LogP contribution in [-0.2, 0) is 6.54 Å². The molecular formula is C12H14N2O. The summed E-state index contributed by atoms with van der Waals surface area (Å²) in [7, 11) is 0. The predicted octanol–water partition coefficient (Wildman–Crippen LogP) is 2.49. The standard InChI is InChI=1S/C12H14N2O/c1-4-14-11-6-9(3)8(2)5-10(11)13-12(14)7-15/h5-7H,4H2,1-3H3. The Morgan fingerprint density at radius 1 is 1.33 bits per heavy atom. The summed E-state index contributed by atoms with van der Waals surface area (Å²) < 4.78 is 1.94. The summed E-state index contributed by atoms with van der Waals surface area (Å²) in [4.78, 5) is 15.1. The van der Waals surface area contributed by atoms with Gasteiger partial charge < -0.3 is 4.57 Å². The lowest BCUT2D eigenvalue weighted by molar-refractivity contribution is 0.111. The van der Waals surface area contributed by atoms with E-state index in [1.807, 2.05) is 17.6 Å². The van der Waals surface area contributed by atoms with E-state index in [0.29, 0.717) is 5.82 Å². The summed E-state index contributed by atoms with van der Waals surface area (Å²) in [5.74, 6) is 0.512. The highest BCUT2D eigenvalue weighted by Gasteiger charge is 2.09. The molecule has 0 aliphatic carbocycles. The molecule has 0 bridgehead atoms. The molecule has 0 amide bonds. The molecule has 3 nitrogen and oxygen atoms in total. The van der Waals surface area contributed by atoms with Crippen LogP contribution in [0.5, 0.6) is 0 Å². The molecule has 0 aliphatic rings. The number of aromatic nitrogens is 2. The van der Waals surface area contributed by atoms with Gasteiger partial charge in [-0.25, -0.2) is 4.98 Å². The van der Waals surface area contributed by atoms with Gasteiger partial charge in [-0.05, 0) is 44.0 Å². The average molecular weight is 202 g/mol. The maximum absolute atomic E-state index is 10.8. The third kappa shape index (κ3) is 1.44. The predicted molar refractivity (Wildman–Crippen MR) is 60.3 cm³/mol. The lowest BCUT2D eigenvalue weighted by Crippen LogP contribution is -1.99. The molecule has 2 aromatic rings. The maximum atomic E-state index is 10.8. The second kappa shape index (κ2) is 3.50. The van der Waals surface area contributed by atoms with E-state index in [-0.39, 0.29) is 0 Å². The van der Waals surface area contributed by atoms with Crippen molar-refractivity contribution in [1.82, 2.24) is 9.55 Å². The van der Waals surface area contributed by atoms with E-state index in [9.17, 15) is 4.79 Å². The first kappa shape index (κ1) is 9.90. The van der Waals surface area contributed by atoms with Gasteiger partial charge in [0, 0.05) is 6.54 Å². The highest BCUT2D eigenvalue weighted by Crippen LogP contribution is 2.20. The Balaban J connectivity index is 2.83. The second-order valence-corrected chi connectivity index (χ2v) is 3.76. The Bertz CT molecular complexity index is 526. The van der Waals surface area contributed by atoms with Crippen molar-refractivity contribution >= 4 is 17.3 Å². The molecule has 0 aliphatic heterocycles. The molecule has 3 heteroatoms. The molecule has 0 saturated heterocycles. The molecule has 1 heterocycles. The molecule has 0 radical (unpaired) electrons. The van der Waals surface area contributed by atoms with Gasteiger partial charge in [0.05, 0.1) is 11.0 Å². The van der Waals surface area contributed by atoms with E-state index in [2.05, 4.69) is 24.9 Å². The first-order valence-electron chi connectivity index (χ1n) is 5.10. The molecule has 0 N–H and O–H groups in total. The van der Waals surface area contributed by atoms with Gasteiger partial charge in [-0.1, -0.05) is 0 Å². The van der Waals surface area contributed by atoms with Crippen LogP contribution in [0, 0.1) is 13.8 Å². The largest absolute Gasteiger partial charge is 0.322 e. The van der Waals surface area contributed by atoms with Gasteiger partial charge in [0.2, 0.25) is 0 Å². The van der Waals surface area contributed by atoms with E-state index < -0.39 is 0 Å². The van der Waals surface area contributed by atoms with Crippen molar-refractivity contribution in [3.05, 3.63) is 29.1 Å². The number of nitrogens with zero attached hydrogens (tertiary/aromatic N) is 2. The van der Waals surface area contributed by atoms with E-state index in [4.69, 9.17) is 0 Å². The highest BCUT2D eigenvalue weighted by atomic mass is 16.1. The topological polar surface area (TPSA) is 34.9 Å². The number of aryl methyl sites for hydroxylation is 3. The Morgan fingerprint density at radius 3 is 2.60 bits per heavy atom. The van der Waals surface area contributed by atoms with Crippen LogP contribution in [0.2, 0.25) is 0 Å². The monoisotopic (exact) mass is 202 g/mol. The number of carbonyl (C=O) groups is 1. The summed E-state index contributed by atoms with van der Waals surface area (Å²) in [6.45, 7) is 6.92. The Kier molecular flexibility index (Phi) is 2.31. The number of aldehydes is 1. The minimum atomic E-state index is 0.512. The summed E-state index contributed by atoms with van der Waals surface area (Å²) in [5.41, 5.74) is 4.39. The molecule has 0 unspecified atom stereocenters. The second-order valence-electron chi connectivity index (χ2n) is 3.76. The van der Waals surface area contributed by atoms with Crippen molar-refractivity contribution in [3.8, 4) is 0 Å². The van der Waals surface area contributed by atoms with Crippen LogP contribution < -0.4 is 0 Å². The molecule has 2 rings (SSSR count). The molecule has 1 aromatic heterocycles. The first-order chi connectivity index (χ1) is 7.17. The van der Waals surface area contributed by atoms with E-state index in [1.54, 1.807) is 0 Å². The minimum Gasteiger partial charge on any atom is -0.322 e. The first-order valence-corrected chi connectivity index (χ1v) is 5.10. The van der Waals surface area contributed by atoms with E-state index in [1.165, 1.54) is 11.1 Å². The number of hydrogen-bond acceptors (Lipinski definition) is 2. The number of hydrogen-bond donors (Lipinski definition) is 0. The summed E-state index contributed by atoms with van der Waals surface area (Å²) in [5, 5.41) is 0. The van der Waals surface area contributed by atoms with Gasteiger partial charge >= 0.3 is 0 Å². The molecule has 15 heavy (non-hydrogen) atoms. The van der Waals surface area contributed by atoms with Crippen LogP contribution >= 0.6 is 0 Å². The van der Waals surface area contributed by atoms with Crippen LogP contribution in [0.3, 0.4) is 0 Å². The van der Waals surface area contributed by atoms with Crippen molar-refractivity contribution in [1.29, 1.82) is 0 Å². The zero-order chi connectivity index (χ0) is 11.0. The molecule has 0 atom stereocenters. The molecule has 0 spiro atoms. The zero-order valence-electron chi connectivity index (χ0n) is 9.24. The quantitative estimate of drug-likeness (QED) is 0.701. The highest BCUT2D eigenvalue weighted by molar-refractivity contribution is 5.84. The number of carbonyl (C=O) groups excluding carboxylic acids is 1. The maximum Gasteiger partial charge on any atom is 0.185 e. The van der Waals surface area contributed by atoms with Crippen molar-refractivity contribution in [2.75, 3.05) is 0 Å². The van der Waals surface area contributed by atoms with Crippen LogP contribution in [0.25, 0.3) is 11.0 Å². The fourth-order valence-corrected chi connectivity index (χ4v) is 1.82. The Morgan fingerprint density at radius 2 is 2.00 bits per heavy atom. The van der Waals surface area contributed by atoms with Gasteiger partial charge in [-0.3, -0.25) is 4.79 Å². The normalized spacial score (nSPS) is 10.9. The average Bonchev–Trinajstić information content (AvgIpc) is 2.56. The third-order valence-electron chi connectivity index (χ3n) is 2.81. The van der Waals surface area contributed by atoms with Gasteiger partial charge in [-0.2, -0.15) is 0 Å². The molecular weight excluding hydrogens is 188 g/mol. The Labute approximate surface area is 88.7 Å². The minimum absolute atomic E-state index is 0.512. The van der Waals surface area contributed by atoms with E-state index >= 15 is 0 Å². The lowest BCUT2D eigenvalue weighted by atomic mass is 10.1. The van der Waals surface area contributed by atoms with Gasteiger partial charge in [-0.15, -0.1) is 0 Å². The van der Waals surface area contributed by atoms with Crippen molar-refractivity contribution in [3.63, 3.8) is 0 Å². The number of fused-ring (bicyclic) bond motifs is 1. The van der Waals surface area contributed by atoms with Gasteiger partial charge in [0.15, 0.2) is 12.1 Å².